The molecule has 1 aromatic carbocycles. The molecule has 150 valence electrons. The fraction of sp³-hybridized carbons (Fsp3) is 0.455. The Labute approximate surface area is 166 Å². The molecule has 0 spiro atoms. The normalized spacial score (nSPS) is 19.1. The molecule has 6 heteroatoms. The van der Waals surface area contributed by atoms with Crippen LogP contribution in [0, 0.1) is 5.92 Å². The van der Waals surface area contributed by atoms with Crippen LogP contribution < -0.4 is 14.8 Å². The summed E-state index contributed by atoms with van der Waals surface area (Å²) in [6, 6.07) is 9.12. The van der Waals surface area contributed by atoms with Crippen molar-refractivity contribution in [1.82, 2.24) is 4.98 Å². The van der Waals surface area contributed by atoms with Crippen LogP contribution in [-0.4, -0.2) is 30.7 Å². The zero-order chi connectivity index (χ0) is 19.8. The van der Waals surface area contributed by atoms with Gasteiger partial charge in [-0.2, -0.15) is 0 Å². The number of methoxy groups -OCH3 is 1. The highest BCUT2D eigenvalue weighted by Crippen LogP contribution is 2.31. The lowest BCUT2D eigenvalue weighted by Gasteiger charge is -2.26. The van der Waals surface area contributed by atoms with Gasteiger partial charge in [-0.15, -0.1) is 0 Å². The molecular formula is C22H28N2O4. The number of amides is 1. The molecular weight excluding hydrogens is 356 g/mol. The van der Waals surface area contributed by atoms with Gasteiger partial charge in [0.05, 0.1) is 13.2 Å². The maximum Gasteiger partial charge on any atom is 0.250 e. The van der Waals surface area contributed by atoms with E-state index in [4.69, 9.17) is 14.2 Å². The number of carbonyl (C=O) groups excluding carboxylic acids is 1. The molecule has 6 nitrogen and oxygen atoms in total. The van der Waals surface area contributed by atoms with Crippen molar-refractivity contribution >= 4 is 11.6 Å². The van der Waals surface area contributed by atoms with Crippen LogP contribution in [0.2, 0.25) is 0 Å². The van der Waals surface area contributed by atoms with Crippen LogP contribution in [0.15, 0.2) is 42.7 Å². The van der Waals surface area contributed by atoms with Crippen LogP contribution >= 0.6 is 0 Å². The second kappa shape index (κ2) is 10.1. The van der Waals surface area contributed by atoms with Gasteiger partial charge in [-0.25, -0.2) is 0 Å². The first-order chi connectivity index (χ1) is 13.6. The van der Waals surface area contributed by atoms with Gasteiger partial charge in [0.25, 0.3) is 0 Å². The molecule has 1 aromatic heterocycles. The minimum atomic E-state index is -0.165. The molecule has 0 radical (unpaired) electrons. The third-order valence-electron chi connectivity index (χ3n) is 4.90. The monoisotopic (exact) mass is 384 g/mol. The molecule has 0 bridgehead atoms. The largest absolute Gasteiger partial charge is 0.493 e. The van der Waals surface area contributed by atoms with E-state index >= 15 is 0 Å². The van der Waals surface area contributed by atoms with Crippen molar-refractivity contribution in [2.45, 2.75) is 45.3 Å². The van der Waals surface area contributed by atoms with Crippen LogP contribution in [0.3, 0.4) is 0 Å². The number of rotatable bonds is 8. The summed E-state index contributed by atoms with van der Waals surface area (Å²) in [5, 5.41) is 2.87. The summed E-state index contributed by atoms with van der Waals surface area (Å²) >= 11 is 0. The lowest BCUT2D eigenvalue weighted by Crippen LogP contribution is -2.26. The fourth-order valence-corrected chi connectivity index (χ4v) is 3.43. The van der Waals surface area contributed by atoms with E-state index in [1.807, 2.05) is 12.1 Å². The second-order valence-corrected chi connectivity index (χ2v) is 7.27. The van der Waals surface area contributed by atoms with Crippen LogP contribution in [0.1, 0.15) is 38.2 Å². The minimum Gasteiger partial charge on any atom is -0.493 e. The standard InChI is InChI=1S/C22H28N2O4/c1-16-5-3-7-19(11-16)27-15-22(25)24-18-8-9-20(26-2)21(12-18)28-14-17-6-4-10-23-13-17/h4,6,8-10,12-13,16,19H,3,5,7,11,14-15H2,1-2H3,(H,24,25). The molecule has 1 N–H and O–H groups in total. The predicted octanol–water partition coefficient (Wildman–Crippen LogP) is 4.20. The van der Waals surface area contributed by atoms with Crippen molar-refractivity contribution in [3.63, 3.8) is 0 Å². The summed E-state index contributed by atoms with van der Waals surface area (Å²) in [5.74, 6) is 1.67. The Morgan fingerprint density at radius 3 is 2.89 bits per heavy atom. The van der Waals surface area contributed by atoms with Crippen molar-refractivity contribution in [1.29, 1.82) is 0 Å². The van der Waals surface area contributed by atoms with Crippen molar-refractivity contribution in [2.75, 3.05) is 19.0 Å². The van der Waals surface area contributed by atoms with Crippen molar-refractivity contribution in [3.05, 3.63) is 48.3 Å². The zero-order valence-corrected chi connectivity index (χ0v) is 16.5. The molecule has 0 aliphatic heterocycles. The SMILES string of the molecule is COc1ccc(NC(=O)COC2CCCC(C)C2)cc1OCc1cccnc1. The molecule has 1 saturated carbocycles. The number of benzene rings is 1. The number of anilines is 1. The third kappa shape index (κ3) is 5.96. The van der Waals surface area contributed by atoms with E-state index in [2.05, 4.69) is 17.2 Å². The molecule has 0 saturated heterocycles. The zero-order valence-electron chi connectivity index (χ0n) is 16.5. The van der Waals surface area contributed by atoms with Gasteiger partial charge in [-0.05, 0) is 37.0 Å². The highest BCUT2D eigenvalue weighted by atomic mass is 16.5. The van der Waals surface area contributed by atoms with Gasteiger partial charge < -0.3 is 19.5 Å². The van der Waals surface area contributed by atoms with Gasteiger partial charge in [-0.1, -0.05) is 25.8 Å². The first-order valence-electron chi connectivity index (χ1n) is 9.75. The van der Waals surface area contributed by atoms with Crippen LogP contribution in [-0.2, 0) is 16.1 Å². The predicted molar refractivity (Wildman–Crippen MR) is 108 cm³/mol. The van der Waals surface area contributed by atoms with E-state index in [1.54, 1.807) is 37.7 Å². The van der Waals surface area contributed by atoms with Gasteiger partial charge in [0.2, 0.25) is 5.91 Å². The molecule has 2 unspecified atom stereocenters. The smallest absolute Gasteiger partial charge is 0.250 e. The summed E-state index contributed by atoms with van der Waals surface area (Å²) < 4.78 is 17.0. The average molecular weight is 384 g/mol. The Morgan fingerprint density at radius 2 is 2.14 bits per heavy atom. The molecule has 2 atom stereocenters. The number of aromatic nitrogens is 1. The van der Waals surface area contributed by atoms with Gasteiger partial charge in [-0.3, -0.25) is 9.78 Å². The van der Waals surface area contributed by atoms with E-state index in [0.717, 1.165) is 18.4 Å². The van der Waals surface area contributed by atoms with E-state index in [-0.39, 0.29) is 18.6 Å². The minimum absolute atomic E-state index is 0.0648. The number of ether oxygens (including phenoxy) is 3. The number of carbonyl (C=O) groups is 1. The Hall–Kier alpha value is -2.60. The van der Waals surface area contributed by atoms with Gasteiger partial charge in [0.15, 0.2) is 11.5 Å². The van der Waals surface area contributed by atoms with E-state index in [0.29, 0.717) is 29.7 Å². The summed E-state index contributed by atoms with van der Waals surface area (Å²) in [5.41, 5.74) is 1.60. The highest BCUT2D eigenvalue weighted by molar-refractivity contribution is 5.92. The van der Waals surface area contributed by atoms with Gasteiger partial charge >= 0.3 is 0 Å². The van der Waals surface area contributed by atoms with Gasteiger partial charge in [0.1, 0.15) is 13.2 Å². The van der Waals surface area contributed by atoms with Gasteiger partial charge in [0, 0.05) is 29.7 Å². The number of nitrogens with zero attached hydrogens (tertiary/aromatic N) is 1. The number of pyridine rings is 1. The van der Waals surface area contributed by atoms with E-state index < -0.39 is 0 Å². The first-order valence-corrected chi connectivity index (χ1v) is 9.75. The molecule has 1 aliphatic rings. The molecule has 1 heterocycles. The van der Waals surface area contributed by atoms with Crippen molar-refractivity contribution in [3.8, 4) is 11.5 Å². The average Bonchev–Trinajstić information content (AvgIpc) is 2.72. The third-order valence-corrected chi connectivity index (χ3v) is 4.90. The van der Waals surface area contributed by atoms with Crippen molar-refractivity contribution in [2.24, 2.45) is 5.92 Å². The molecule has 1 fully saturated rings. The van der Waals surface area contributed by atoms with E-state index in [9.17, 15) is 4.79 Å². The highest BCUT2D eigenvalue weighted by Gasteiger charge is 2.20. The fourth-order valence-electron chi connectivity index (χ4n) is 3.43. The number of hydrogen-bond donors (Lipinski definition) is 1. The maximum atomic E-state index is 12.3. The number of hydrogen-bond acceptors (Lipinski definition) is 5. The lowest BCUT2D eigenvalue weighted by molar-refractivity contribution is -0.123. The molecule has 28 heavy (non-hydrogen) atoms. The summed E-state index contributed by atoms with van der Waals surface area (Å²) in [6.45, 7) is 2.67. The molecule has 1 amide bonds. The summed E-state index contributed by atoms with van der Waals surface area (Å²) in [4.78, 5) is 16.3. The topological polar surface area (TPSA) is 69.7 Å². The summed E-state index contributed by atoms with van der Waals surface area (Å²) in [6.07, 6.45) is 8.14. The summed E-state index contributed by atoms with van der Waals surface area (Å²) in [7, 11) is 1.59. The molecule has 2 aromatic rings. The second-order valence-electron chi connectivity index (χ2n) is 7.27. The van der Waals surface area contributed by atoms with E-state index in [1.165, 1.54) is 12.8 Å². The van der Waals surface area contributed by atoms with Crippen LogP contribution in [0.5, 0.6) is 11.5 Å². The van der Waals surface area contributed by atoms with Crippen LogP contribution in [0.25, 0.3) is 0 Å². The molecule has 3 rings (SSSR count). The molecule has 1 aliphatic carbocycles. The quantitative estimate of drug-likeness (QED) is 0.739. The Morgan fingerprint density at radius 1 is 1.25 bits per heavy atom. The Kier molecular flexibility index (Phi) is 7.25. The van der Waals surface area contributed by atoms with Crippen molar-refractivity contribution < 1.29 is 19.0 Å². The Balaban J connectivity index is 1.55. The van der Waals surface area contributed by atoms with Crippen LogP contribution in [0.4, 0.5) is 5.69 Å². The maximum absolute atomic E-state index is 12.3. The lowest BCUT2D eigenvalue weighted by atomic mass is 9.89. The number of nitrogens with one attached hydrogen (secondary N) is 1. The first kappa shape index (κ1) is 20.1. The Bertz CT molecular complexity index is 766.